The summed E-state index contributed by atoms with van der Waals surface area (Å²) in [5, 5.41) is 4.77. The summed E-state index contributed by atoms with van der Waals surface area (Å²) in [6, 6.07) is 17.7. The Bertz CT molecular complexity index is 963. The monoisotopic (exact) mass is 320 g/mol. The molecule has 0 aliphatic rings. The van der Waals surface area contributed by atoms with Gasteiger partial charge in [-0.1, -0.05) is 29.8 Å². The summed E-state index contributed by atoms with van der Waals surface area (Å²) in [7, 11) is 0. The normalized spacial score (nSPS) is 10.8. The van der Waals surface area contributed by atoms with Crippen LogP contribution >= 0.6 is 11.6 Å². The standard InChI is InChI=1S/C18H13ClN4/c19-16-9-12(15-11-21-18-14(15)7-4-8-20-18)10-17(23-16)22-13-5-2-1-3-6-13/h1-11H,(H,20,21)(H,22,23). The minimum atomic E-state index is 0.444. The van der Waals surface area contributed by atoms with E-state index < -0.39 is 0 Å². The van der Waals surface area contributed by atoms with Crippen LogP contribution in [0.15, 0.2) is 67.0 Å². The van der Waals surface area contributed by atoms with E-state index in [9.17, 15) is 0 Å². The zero-order chi connectivity index (χ0) is 15.6. The van der Waals surface area contributed by atoms with Crippen molar-refractivity contribution in [2.24, 2.45) is 0 Å². The Morgan fingerprint density at radius 2 is 1.87 bits per heavy atom. The number of H-pyrrole nitrogens is 1. The fourth-order valence-electron chi connectivity index (χ4n) is 2.58. The van der Waals surface area contributed by atoms with Crippen molar-refractivity contribution in [3.05, 3.63) is 72.1 Å². The average molecular weight is 321 g/mol. The van der Waals surface area contributed by atoms with Crippen molar-refractivity contribution in [3.63, 3.8) is 0 Å². The lowest BCUT2D eigenvalue weighted by Gasteiger charge is -2.08. The zero-order valence-electron chi connectivity index (χ0n) is 12.1. The summed E-state index contributed by atoms with van der Waals surface area (Å²) in [6.45, 7) is 0. The topological polar surface area (TPSA) is 53.6 Å². The maximum absolute atomic E-state index is 6.21. The molecular formula is C18H13ClN4. The lowest BCUT2D eigenvalue weighted by atomic mass is 10.1. The van der Waals surface area contributed by atoms with Gasteiger partial charge in [-0.2, -0.15) is 0 Å². The molecule has 0 atom stereocenters. The Labute approximate surface area is 138 Å². The van der Waals surface area contributed by atoms with Gasteiger partial charge in [-0.25, -0.2) is 9.97 Å². The van der Waals surface area contributed by atoms with E-state index in [2.05, 4.69) is 20.3 Å². The van der Waals surface area contributed by atoms with Gasteiger partial charge in [0.2, 0.25) is 0 Å². The van der Waals surface area contributed by atoms with Crippen LogP contribution in [0.2, 0.25) is 5.15 Å². The number of hydrogen-bond donors (Lipinski definition) is 2. The molecule has 2 N–H and O–H groups in total. The summed E-state index contributed by atoms with van der Waals surface area (Å²) in [5.74, 6) is 0.706. The van der Waals surface area contributed by atoms with Crippen molar-refractivity contribution in [1.82, 2.24) is 15.0 Å². The van der Waals surface area contributed by atoms with Gasteiger partial charge in [0.05, 0.1) is 0 Å². The molecule has 4 rings (SSSR count). The third-order valence-electron chi connectivity index (χ3n) is 3.60. The highest BCUT2D eigenvalue weighted by Gasteiger charge is 2.09. The van der Waals surface area contributed by atoms with Crippen LogP contribution in [0.5, 0.6) is 0 Å². The van der Waals surface area contributed by atoms with Gasteiger partial charge in [0.1, 0.15) is 16.6 Å². The number of rotatable bonds is 3. The third kappa shape index (κ3) is 2.76. The van der Waals surface area contributed by atoms with Crippen LogP contribution in [-0.4, -0.2) is 15.0 Å². The predicted octanol–water partition coefficient (Wildman–Crippen LogP) is 5.02. The number of aromatic nitrogens is 3. The second-order valence-corrected chi connectivity index (χ2v) is 5.54. The van der Waals surface area contributed by atoms with E-state index in [-0.39, 0.29) is 0 Å². The Balaban J connectivity index is 1.78. The summed E-state index contributed by atoms with van der Waals surface area (Å²) in [6.07, 6.45) is 3.71. The van der Waals surface area contributed by atoms with Crippen LogP contribution in [-0.2, 0) is 0 Å². The number of hydrogen-bond acceptors (Lipinski definition) is 3. The molecule has 0 saturated heterocycles. The first-order valence-corrected chi connectivity index (χ1v) is 7.59. The van der Waals surface area contributed by atoms with Crippen molar-refractivity contribution in [3.8, 4) is 11.1 Å². The highest BCUT2D eigenvalue weighted by atomic mass is 35.5. The lowest BCUT2D eigenvalue weighted by Crippen LogP contribution is -1.94. The highest BCUT2D eigenvalue weighted by Crippen LogP contribution is 2.31. The van der Waals surface area contributed by atoms with E-state index in [1.165, 1.54) is 0 Å². The number of nitrogens with one attached hydrogen (secondary N) is 2. The Morgan fingerprint density at radius 3 is 2.74 bits per heavy atom. The van der Waals surface area contributed by atoms with Crippen molar-refractivity contribution in [2.75, 3.05) is 5.32 Å². The second kappa shape index (κ2) is 5.74. The van der Waals surface area contributed by atoms with E-state index in [1.807, 2.05) is 60.8 Å². The van der Waals surface area contributed by atoms with Crippen molar-refractivity contribution < 1.29 is 0 Å². The molecule has 0 fully saturated rings. The second-order valence-electron chi connectivity index (χ2n) is 5.16. The Hall–Kier alpha value is -2.85. The van der Waals surface area contributed by atoms with E-state index in [1.54, 1.807) is 6.20 Å². The molecule has 0 spiro atoms. The molecule has 0 saturated carbocycles. The number of halogens is 1. The molecular weight excluding hydrogens is 308 g/mol. The van der Waals surface area contributed by atoms with Gasteiger partial charge >= 0.3 is 0 Å². The average Bonchev–Trinajstić information content (AvgIpc) is 2.99. The minimum Gasteiger partial charge on any atom is -0.346 e. The van der Waals surface area contributed by atoms with E-state index in [4.69, 9.17) is 11.6 Å². The third-order valence-corrected chi connectivity index (χ3v) is 3.80. The molecule has 0 radical (unpaired) electrons. The smallest absolute Gasteiger partial charge is 0.137 e. The Morgan fingerprint density at radius 1 is 1.00 bits per heavy atom. The van der Waals surface area contributed by atoms with Crippen molar-refractivity contribution >= 4 is 34.1 Å². The van der Waals surface area contributed by atoms with Gasteiger partial charge in [-0.3, -0.25) is 0 Å². The molecule has 0 amide bonds. The number of pyridine rings is 2. The molecule has 4 aromatic rings. The van der Waals surface area contributed by atoms with Crippen LogP contribution in [0.4, 0.5) is 11.5 Å². The number of nitrogens with zero attached hydrogens (tertiary/aromatic N) is 2. The molecule has 23 heavy (non-hydrogen) atoms. The molecule has 0 unspecified atom stereocenters. The maximum atomic E-state index is 6.21. The van der Waals surface area contributed by atoms with Crippen LogP contribution < -0.4 is 5.32 Å². The van der Waals surface area contributed by atoms with Gasteiger partial charge in [0.15, 0.2) is 0 Å². The van der Waals surface area contributed by atoms with Crippen LogP contribution in [0.3, 0.4) is 0 Å². The highest BCUT2D eigenvalue weighted by molar-refractivity contribution is 6.29. The number of anilines is 2. The largest absolute Gasteiger partial charge is 0.346 e. The predicted molar refractivity (Wildman–Crippen MR) is 94.1 cm³/mol. The molecule has 1 aromatic carbocycles. The van der Waals surface area contributed by atoms with E-state index in [0.717, 1.165) is 27.8 Å². The van der Waals surface area contributed by atoms with Crippen molar-refractivity contribution in [2.45, 2.75) is 0 Å². The van der Waals surface area contributed by atoms with Crippen LogP contribution in [0, 0.1) is 0 Å². The molecule has 3 heterocycles. The molecule has 5 heteroatoms. The minimum absolute atomic E-state index is 0.444. The summed E-state index contributed by atoms with van der Waals surface area (Å²) >= 11 is 6.21. The number of para-hydroxylation sites is 1. The first-order chi connectivity index (χ1) is 11.3. The number of fused-ring (bicyclic) bond motifs is 1. The van der Waals surface area contributed by atoms with Gasteiger partial charge in [-0.05, 0) is 42.0 Å². The van der Waals surface area contributed by atoms with Crippen LogP contribution in [0.25, 0.3) is 22.2 Å². The molecule has 0 aliphatic carbocycles. The van der Waals surface area contributed by atoms with Gasteiger partial charge in [0.25, 0.3) is 0 Å². The van der Waals surface area contributed by atoms with Gasteiger partial charge in [-0.15, -0.1) is 0 Å². The Kier molecular flexibility index (Phi) is 3.44. The molecule has 0 aliphatic heterocycles. The SMILES string of the molecule is Clc1cc(-c2c[nH]c3ncccc23)cc(Nc2ccccc2)n1. The number of aromatic amines is 1. The van der Waals surface area contributed by atoms with Gasteiger partial charge in [0, 0.05) is 29.0 Å². The van der Waals surface area contributed by atoms with Gasteiger partial charge < -0.3 is 10.3 Å². The molecule has 4 nitrogen and oxygen atoms in total. The number of benzene rings is 1. The lowest BCUT2D eigenvalue weighted by molar-refractivity contribution is 1.31. The maximum Gasteiger partial charge on any atom is 0.137 e. The molecule has 0 bridgehead atoms. The fraction of sp³-hybridized carbons (Fsp3) is 0. The zero-order valence-corrected chi connectivity index (χ0v) is 12.9. The first kappa shape index (κ1) is 13.8. The van der Waals surface area contributed by atoms with Crippen molar-refractivity contribution in [1.29, 1.82) is 0 Å². The first-order valence-electron chi connectivity index (χ1n) is 7.22. The quantitative estimate of drug-likeness (QED) is 0.521. The summed E-state index contributed by atoms with van der Waals surface area (Å²) in [4.78, 5) is 11.8. The summed E-state index contributed by atoms with van der Waals surface area (Å²) in [5.41, 5.74) is 3.86. The summed E-state index contributed by atoms with van der Waals surface area (Å²) < 4.78 is 0. The fourth-order valence-corrected chi connectivity index (χ4v) is 2.79. The van der Waals surface area contributed by atoms with E-state index >= 15 is 0 Å². The van der Waals surface area contributed by atoms with E-state index in [0.29, 0.717) is 11.0 Å². The van der Waals surface area contributed by atoms with Crippen LogP contribution in [0.1, 0.15) is 0 Å². The molecule has 112 valence electrons. The molecule has 3 aromatic heterocycles.